The molecule has 2 aliphatic rings. The highest BCUT2D eigenvalue weighted by molar-refractivity contribution is 5.39. The summed E-state index contributed by atoms with van der Waals surface area (Å²) in [5.41, 5.74) is 2.81. The molecule has 3 heteroatoms. The molecule has 2 heterocycles. The van der Waals surface area contributed by atoms with E-state index < -0.39 is 0 Å². The monoisotopic (exact) mass is 288 g/mol. The van der Waals surface area contributed by atoms with Crippen LogP contribution in [0, 0.1) is 5.92 Å². The van der Waals surface area contributed by atoms with Crippen molar-refractivity contribution in [1.29, 1.82) is 0 Å². The van der Waals surface area contributed by atoms with Gasteiger partial charge in [0.15, 0.2) is 0 Å². The minimum atomic E-state index is 0.682. The average Bonchev–Trinajstić information content (AvgIpc) is 3.08. The first kappa shape index (κ1) is 14.9. The van der Waals surface area contributed by atoms with Gasteiger partial charge in [0.1, 0.15) is 5.75 Å². The van der Waals surface area contributed by atoms with Crippen LogP contribution in [0.1, 0.15) is 37.8 Å². The van der Waals surface area contributed by atoms with Crippen LogP contribution in [-0.2, 0) is 13.0 Å². The van der Waals surface area contributed by atoms with Gasteiger partial charge in [0.05, 0.1) is 6.61 Å². The standard InChI is InChI=1S/C18H28N2O/c1-14(2)11-20(13-17-4-3-8-19-17)12-15-5-6-18-16(10-15)7-9-21-18/h5-6,10,14,17,19H,3-4,7-9,11-13H2,1-2H3. The predicted octanol–water partition coefficient (Wildman–Crippen LogP) is 2.83. The molecule has 0 aliphatic carbocycles. The number of hydrogen-bond acceptors (Lipinski definition) is 3. The van der Waals surface area contributed by atoms with Crippen LogP contribution in [0.25, 0.3) is 0 Å². The normalized spacial score (nSPS) is 21.0. The molecule has 0 bridgehead atoms. The van der Waals surface area contributed by atoms with Gasteiger partial charge in [-0.15, -0.1) is 0 Å². The lowest BCUT2D eigenvalue weighted by Crippen LogP contribution is -2.38. The number of nitrogens with one attached hydrogen (secondary N) is 1. The summed E-state index contributed by atoms with van der Waals surface area (Å²) < 4.78 is 5.61. The van der Waals surface area contributed by atoms with Crippen molar-refractivity contribution in [1.82, 2.24) is 10.2 Å². The van der Waals surface area contributed by atoms with Gasteiger partial charge in [-0.3, -0.25) is 4.90 Å². The average molecular weight is 288 g/mol. The number of nitrogens with zero attached hydrogens (tertiary/aromatic N) is 1. The maximum absolute atomic E-state index is 5.61. The third-order valence-corrected chi connectivity index (χ3v) is 4.42. The van der Waals surface area contributed by atoms with Gasteiger partial charge in [-0.05, 0) is 42.5 Å². The third kappa shape index (κ3) is 3.98. The Balaban J connectivity index is 1.65. The van der Waals surface area contributed by atoms with E-state index in [1.165, 1.54) is 43.6 Å². The molecule has 0 aromatic heterocycles. The zero-order valence-electron chi connectivity index (χ0n) is 13.4. The third-order valence-electron chi connectivity index (χ3n) is 4.42. The van der Waals surface area contributed by atoms with Gasteiger partial charge in [-0.2, -0.15) is 0 Å². The number of rotatable bonds is 6. The smallest absolute Gasteiger partial charge is 0.122 e. The van der Waals surface area contributed by atoms with Gasteiger partial charge in [-0.25, -0.2) is 0 Å². The minimum absolute atomic E-state index is 0.682. The van der Waals surface area contributed by atoms with Gasteiger partial charge < -0.3 is 10.1 Å². The van der Waals surface area contributed by atoms with Crippen molar-refractivity contribution < 1.29 is 4.74 Å². The molecule has 1 atom stereocenters. The lowest BCUT2D eigenvalue weighted by Gasteiger charge is -2.27. The summed E-state index contributed by atoms with van der Waals surface area (Å²) in [6.45, 7) is 10.1. The lowest BCUT2D eigenvalue weighted by molar-refractivity contribution is 0.216. The summed E-state index contributed by atoms with van der Waals surface area (Å²) >= 11 is 0. The van der Waals surface area contributed by atoms with Gasteiger partial charge in [0.25, 0.3) is 0 Å². The first-order valence-electron chi connectivity index (χ1n) is 8.41. The second kappa shape index (κ2) is 6.80. The van der Waals surface area contributed by atoms with Gasteiger partial charge in [-0.1, -0.05) is 26.0 Å². The molecule has 2 aliphatic heterocycles. The molecule has 21 heavy (non-hydrogen) atoms. The van der Waals surface area contributed by atoms with Gasteiger partial charge in [0.2, 0.25) is 0 Å². The van der Waals surface area contributed by atoms with Crippen molar-refractivity contribution in [2.24, 2.45) is 5.92 Å². The van der Waals surface area contributed by atoms with Crippen LogP contribution < -0.4 is 10.1 Å². The molecule has 3 nitrogen and oxygen atoms in total. The molecule has 1 unspecified atom stereocenters. The molecule has 0 amide bonds. The van der Waals surface area contributed by atoms with Gasteiger partial charge in [0, 0.05) is 32.1 Å². The Morgan fingerprint density at radius 1 is 1.38 bits per heavy atom. The van der Waals surface area contributed by atoms with E-state index in [-0.39, 0.29) is 0 Å². The predicted molar refractivity (Wildman–Crippen MR) is 86.8 cm³/mol. The largest absolute Gasteiger partial charge is 0.493 e. The molecule has 1 N–H and O–H groups in total. The Bertz CT molecular complexity index is 466. The van der Waals surface area contributed by atoms with E-state index in [2.05, 4.69) is 42.3 Å². The summed E-state index contributed by atoms with van der Waals surface area (Å²) in [7, 11) is 0. The second-order valence-corrected chi connectivity index (χ2v) is 6.92. The summed E-state index contributed by atoms with van der Waals surface area (Å²) in [5.74, 6) is 1.80. The van der Waals surface area contributed by atoms with Gasteiger partial charge >= 0.3 is 0 Å². The molecule has 1 aromatic rings. The molecular weight excluding hydrogens is 260 g/mol. The van der Waals surface area contributed by atoms with Crippen molar-refractivity contribution >= 4 is 0 Å². The van der Waals surface area contributed by atoms with Crippen LogP contribution in [0.15, 0.2) is 18.2 Å². The van der Waals surface area contributed by atoms with E-state index in [9.17, 15) is 0 Å². The summed E-state index contributed by atoms with van der Waals surface area (Å²) in [4.78, 5) is 2.62. The van der Waals surface area contributed by atoms with Crippen LogP contribution in [0.5, 0.6) is 5.75 Å². The van der Waals surface area contributed by atoms with Crippen LogP contribution in [0.4, 0.5) is 0 Å². The first-order chi connectivity index (χ1) is 10.2. The molecule has 0 radical (unpaired) electrons. The van der Waals surface area contributed by atoms with Crippen molar-refractivity contribution in [2.45, 2.75) is 45.7 Å². The molecule has 1 aromatic carbocycles. The van der Waals surface area contributed by atoms with Crippen LogP contribution in [-0.4, -0.2) is 37.2 Å². The van der Waals surface area contributed by atoms with Crippen molar-refractivity contribution in [3.05, 3.63) is 29.3 Å². The highest BCUT2D eigenvalue weighted by Gasteiger charge is 2.19. The van der Waals surface area contributed by atoms with Crippen molar-refractivity contribution in [2.75, 3.05) is 26.2 Å². The summed E-state index contributed by atoms with van der Waals surface area (Å²) in [5, 5.41) is 3.63. The molecule has 1 fully saturated rings. The fraction of sp³-hybridized carbons (Fsp3) is 0.667. The van der Waals surface area contributed by atoms with E-state index in [4.69, 9.17) is 4.74 Å². The minimum Gasteiger partial charge on any atom is -0.493 e. The number of hydrogen-bond donors (Lipinski definition) is 1. The molecule has 116 valence electrons. The topological polar surface area (TPSA) is 24.5 Å². The number of benzene rings is 1. The molecule has 3 rings (SSSR count). The number of ether oxygens (including phenoxy) is 1. The van der Waals surface area contributed by atoms with Crippen LogP contribution >= 0.6 is 0 Å². The zero-order valence-corrected chi connectivity index (χ0v) is 13.4. The lowest BCUT2D eigenvalue weighted by atomic mass is 10.1. The van der Waals surface area contributed by atoms with Crippen molar-refractivity contribution in [3.8, 4) is 5.75 Å². The Morgan fingerprint density at radius 2 is 2.29 bits per heavy atom. The molecule has 1 saturated heterocycles. The Labute approximate surface area is 128 Å². The van der Waals surface area contributed by atoms with Crippen LogP contribution in [0.3, 0.4) is 0 Å². The maximum Gasteiger partial charge on any atom is 0.122 e. The Hall–Kier alpha value is -1.06. The highest BCUT2D eigenvalue weighted by atomic mass is 16.5. The SMILES string of the molecule is CC(C)CN(Cc1ccc2c(c1)CCO2)CC1CCCN1. The van der Waals surface area contributed by atoms with Crippen molar-refractivity contribution in [3.63, 3.8) is 0 Å². The maximum atomic E-state index is 5.61. The fourth-order valence-electron chi connectivity index (χ4n) is 3.54. The highest BCUT2D eigenvalue weighted by Crippen LogP contribution is 2.26. The van der Waals surface area contributed by atoms with E-state index in [0.717, 1.165) is 25.3 Å². The fourth-order valence-corrected chi connectivity index (χ4v) is 3.54. The molecular formula is C18H28N2O. The second-order valence-electron chi connectivity index (χ2n) is 6.92. The first-order valence-corrected chi connectivity index (χ1v) is 8.41. The Morgan fingerprint density at radius 3 is 3.05 bits per heavy atom. The quantitative estimate of drug-likeness (QED) is 0.871. The molecule has 0 spiro atoms. The molecule has 0 saturated carbocycles. The summed E-state index contributed by atoms with van der Waals surface area (Å²) in [6.07, 6.45) is 3.72. The van der Waals surface area contributed by atoms with Crippen LogP contribution in [0.2, 0.25) is 0 Å². The summed E-state index contributed by atoms with van der Waals surface area (Å²) in [6, 6.07) is 7.41. The van der Waals surface area contributed by atoms with E-state index in [1.54, 1.807) is 0 Å². The van der Waals surface area contributed by atoms with E-state index in [0.29, 0.717) is 12.0 Å². The number of fused-ring (bicyclic) bond motifs is 1. The van der Waals surface area contributed by atoms with E-state index >= 15 is 0 Å². The van der Waals surface area contributed by atoms with E-state index in [1.807, 2.05) is 0 Å². The Kier molecular flexibility index (Phi) is 4.81. The zero-order chi connectivity index (χ0) is 14.7.